The van der Waals surface area contributed by atoms with Crippen molar-refractivity contribution in [1.29, 1.82) is 5.26 Å². The third kappa shape index (κ3) is 4.69. The van der Waals surface area contributed by atoms with Gasteiger partial charge in [-0.25, -0.2) is 4.79 Å². The number of rotatable bonds is 6. The Balaban J connectivity index is 2.27. The molecule has 1 unspecified atom stereocenters. The number of nitrogens with one attached hydrogen (secondary N) is 1. The summed E-state index contributed by atoms with van der Waals surface area (Å²) in [6.45, 7) is 5.45. The van der Waals surface area contributed by atoms with Crippen molar-refractivity contribution < 1.29 is 19.0 Å². The Morgan fingerprint density at radius 2 is 1.92 bits per heavy atom. The lowest BCUT2D eigenvalue weighted by molar-refractivity contribution is 0.0498. The van der Waals surface area contributed by atoms with E-state index in [0.29, 0.717) is 24.3 Å². The van der Waals surface area contributed by atoms with Gasteiger partial charge in [-0.3, -0.25) is 0 Å². The van der Waals surface area contributed by atoms with Crippen LogP contribution in [0.2, 0.25) is 0 Å². The number of nitrogens with zero attached hydrogens (tertiary/aromatic N) is 1. The first kappa shape index (κ1) is 19.6. The van der Waals surface area contributed by atoms with Gasteiger partial charge in [0.1, 0.15) is 5.60 Å². The van der Waals surface area contributed by atoms with Gasteiger partial charge < -0.3 is 19.5 Å². The molecule has 0 spiro atoms. The minimum Gasteiger partial charge on any atom is -0.493 e. The fourth-order valence-electron chi connectivity index (χ4n) is 3.03. The zero-order chi connectivity index (χ0) is 19.3. The van der Waals surface area contributed by atoms with E-state index in [4.69, 9.17) is 19.5 Å². The maximum atomic E-state index is 12.2. The Hall–Kier alpha value is -2.68. The van der Waals surface area contributed by atoms with Crippen molar-refractivity contribution >= 4 is 12.2 Å². The zero-order valence-electron chi connectivity index (χ0n) is 16.0. The monoisotopic (exact) mass is 358 g/mol. The van der Waals surface area contributed by atoms with Crippen LogP contribution < -0.4 is 14.8 Å². The van der Waals surface area contributed by atoms with Crippen molar-refractivity contribution in [3.63, 3.8) is 0 Å². The molecule has 0 heterocycles. The summed E-state index contributed by atoms with van der Waals surface area (Å²) in [5, 5.41) is 11.9. The quantitative estimate of drug-likeness (QED) is 0.831. The number of nitriles is 1. The highest BCUT2D eigenvalue weighted by Gasteiger charge is 2.30. The summed E-state index contributed by atoms with van der Waals surface area (Å²) < 4.78 is 16.1. The standard InChI is InChI=1S/C20H26N2O4/c1-20(2,3)26-19(23)22-16(7-6-10-21)14-9-8-13-11-17(24-4)18(25-5)12-15(13)14/h8-9,11-12,14,16H,6-7H2,1-5H3,(H,22,23)/t14?,16-/m0/s1. The maximum Gasteiger partial charge on any atom is 0.407 e. The van der Waals surface area contributed by atoms with Crippen molar-refractivity contribution in [3.8, 4) is 17.6 Å². The van der Waals surface area contributed by atoms with Crippen LogP contribution in [0.25, 0.3) is 6.08 Å². The molecule has 2 rings (SSSR count). The van der Waals surface area contributed by atoms with Gasteiger partial charge in [-0.15, -0.1) is 0 Å². The van der Waals surface area contributed by atoms with Gasteiger partial charge >= 0.3 is 6.09 Å². The van der Waals surface area contributed by atoms with Crippen LogP contribution in [-0.2, 0) is 4.74 Å². The van der Waals surface area contributed by atoms with Crippen LogP contribution in [0.1, 0.15) is 50.7 Å². The lowest BCUT2D eigenvalue weighted by Gasteiger charge is -2.27. The topological polar surface area (TPSA) is 80.6 Å². The van der Waals surface area contributed by atoms with Gasteiger partial charge in [-0.1, -0.05) is 12.2 Å². The minimum absolute atomic E-state index is 0.0642. The normalized spacial score (nSPS) is 16.4. The number of hydrogen-bond acceptors (Lipinski definition) is 5. The summed E-state index contributed by atoms with van der Waals surface area (Å²) in [7, 11) is 3.19. The molecule has 2 atom stereocenters. The van der Waals surface area contributed by atoms with Crippen molar-refractivity contribution in [2.75, 3.05) is 14.2 Å². The second-order valence-corrected chi connectivity index (χ2v) is 7.17. The van der Waals surface area contributed by atoms with Gasteiger partial charge in [0.25, 0.3) is 0 Å². The largest absolute Gasteiger partial charge is 0.493 e. The van der Waals surface area contributed by atoms with E-state index >= 15 is 0 Å². The number of hydrogen-bond donors (Lipinski definition) is 1. The van der Waals surface area contributed by atoms with E-state index in [1.807, 2.05) is 45.1 Å². The highest BCUT2D eigenvalue weighted by molar-refractivity contribution is 5.71. The number of benzene rings is 1. The average molecular weight is 358 g/mol. The number of alkyl carbamates (subject to hydrolysis) is 1. The SMILES string of the molecule is COc1cc2c(cc1OC)C([C@H](CCC#N)NC(=O)OC(C)(C)C)C=C2. The van der Waals surface area contributed by atoms with Crippen LogP contribution in [0.3, 0.4) is 0 Å². The molecule has 6 heteroatoms. The molecule has 1 aliphatic carbocycles. The van der Waals surface area contributed by atoms with E-state index in [1.165, 1.54) is 0 Å². The Morgan fingerprint density at radius 1 is 1.27 bits per heavy atom. The summed E-state index contributed by atoms with van der Waals surface area (Å²) in [4.78, 5) is 12.2. The Bertz CT molecular complexity index is 729. The van der Waals surface area contributed by atoms with Crippen LogP contribution in [0.5, 0.6) is 11.5 Å². The average Bonchev–Trinajstić information content (AvgIpc) is 2.98. The van der Waals surface area contributed by atoms with Crippen molar-refractivity contribution in [2.45, 2.75) is 51.2 Å². The van der Waals surface area contributed by atoms with E-state index in [0.717, 1.165) is 11.1 Å². The Kier molecular flexibility index (Phi) is 6.14. The fourth-order valence-corrected chi connectivity index (χ4v) is 3.03. The molecule has 1 aliphatic rings. The summed E-state index contributed by atoms with van der Waals surface area (Å²) >= 11 is 0. The number of carbonyl (C=O) groups is 1. The molecule has 0 bridgehead atoms. The smallest absolute Gasteiger partial charge is 0.407 e. The molecule has 140 valence electrons. The predicted octanol–water partition coefficient (Wildman–Crippen LogP) is 4.01. The molecule has 0 saturated carbocycles. The molecule has 6 nitrogen and oxygen atoms in total. The van der Waals surface area contributed by atoms with E-state index in [-0.39, 0.29) is 12.0 Å². The second-order valence-electron chi connectivity index (χ2n) is 7.17. The molecular formula is C20H26N2O4. The van der Waals surface area contributed by atoms with E-state index < -0.39 is 11.7 Å². The summed E-state index contributed by atoms with van der Waals surface area (Å²) in [6, 6.07) is 5.74. The van der Waals surface area contributed by atoms with Crippen molar-refractivity contribution in [2.24, 2.45) is 0 Å². The minimum atomic E-state index is -0.579. The van der Waals surface area contributed by atoms with Crippen LogP contribution in [0.15, 0.2) is 18.2 Å². The molecule has 0 aromatic heterocycles. The third-order valence-electron chi connectivity index (χ3n) is 4.13. The highest BCUT2D eigenvalue weighted by atomic mass is 16.6. The second kappa shape index (κ2) is 8.13. The Morgan fingerprint density at radius 3 is 2.50 bits per heavy atom. The lowest BCUT2D eigenvalue weighted by Crippen LogP contribution is -2.41. The molecule has 0 radical (unpaired) electrons. The van der Waals surface area contributed by atoms with E-state index in [1.54, 1.807) is 14.2 Å². The first-order valence-electron chi connectivity index (χ1n) is 8.59. The van der Waals surface area contributed by atoms with Gasteiger partial charge in [-0.2, -0.15) is 5.26 Å². The van der Waals surface area contributed by atoms with Crippen LogP contribution >= 0.6 is 0 Å². The first-order valence-corrected chi connectivity index (χ1v) is 8.59. The summed E-state index contributed by atoms with van der Waals surface area (Å²) in [6.07, 6.45) is 4.41. The molecule has 26 heavy (non-hydrogen) atoms. The van der Waals surface area contributed by atoms with Gasteiger partial charge in [-0.05, 0) is 50.5 Å². The van der Waals surface area contributed by atoms with Gasteiger partial charge in [0.2, 0.25) is 0 Å². The van der Waals surface area contributed by atoms with Crippen molar-refractivity contribution in [1.82, 2.24) is 5.32 Å². The number of ether oxygens (including phenoxy) is 3. The van der Waals surface area contributed by atoms with Crippen molar-refractivity contribution in [3.05, 3.63) is 29.3 Å². The lowest BCUT2D eigenvalue weighted by atomic mass is 9.90. The highest BCUT2D eigenvalue weighted by Crippen LogP contribution is 2.40. The van der Waals surface area contributed by atoms with Gasteiger partial charge in [0.15, 0.2) is 11.5 Å². The number of carbonyl (C=O) groups excluding carboxylic acids is 1. The summed E-state index contributed by atoms with van der Waals surface area (Å²) in [5.41, 5.74) is 1.46. The molecule has 1 amide bonds. The fraction of sp³-hybridized carbons (Fsp3) is 0.500. The maximum absolute atomic E-state index is 12.2. The zero-order valence-corrected chi connectivity index (χ0v) is 16.0. The summed E-state index contributed by atoms with van der Waals surface area (Å²) in [5.74, 6) is 1.23. The molecule has 1 aromatic rings. The van der Waals surface area contributed by atoms with Crippen LogP contribution in [0, 0.1) is 11.3 Å². The Labute approximate surface area is 154 Å². The third-order valence-corrected chi connectivity index (χ3v) is 4.13. The molecule has 0 aliphatic heterocycles. The number of amides is 1. The molecular weight excluding hydrogens is 332 g/mol. The van der Waals surface area contributed by atoms with E-state index in [2.05, 4.69) is 11.4 Å². The van der Waals surface area contributed by atoms with Gasteiger partial charge in [0.05, 0.1) is 20.3 Å². The number of methoxy groups -OCH3 is 2. The van der Waals surface area contributed by atoms with Crippen LogP contribution in [-0.4, -0.2) is 32.0 Å². The predicted molar refractivity (Wildman–Crippen MR) is 99.3 cm³/mol. The number of fused-ring (bicyclic) bond motifs is 1. The molecule has 1 aromatic carbocycles. The first-order chi connectivity index (χ1) is 12.3. The van der Waals surface area contributed by atoms with E-state index in [9.17, 15) is 4.79 Å². The molecule has 0 fully saturated rings. The molecule has 1 N–H and O–H groups in total. The van der Waals surface area contributed by atoms with Crippen LogP contribution in [0.4, 0.5) is 4.79 Å². The molecule has 0 saturated heterocycles. The van der Waals surface area contributed by atoms with Gasteiger partial charge in [0, 0.05) is 18.4 Å².